The first-order chi connectivity index (χ1) is 12.5. The Balaban J connectivity index is 1.87. The molecule has 2 aliphatic carbocycles. The van der Waals surface area contributed by atoms with Gasteiger partial charge >= 0.3 is 0 Å². The van der Waals surface area contributed by atoms with Crippen LogP contribution in [0.3, 0.4) is 0 Å². The van der Waals surface area contributed by atoms with Crippen LogP contribution in [0.25, 0.3) is 10.9 Å². The smallest absolute Gasteiger partial charge is 0.262 e. The summed E-state index contributed by atoms with van der Waals surface area (Å²) in [4.78, 5) is 13.2. The molecular formula is C21H19ClFNO2. The topological polar surface area (TPSA) is 42.2 Å². The molecule has 26 heavy (non-hydrogen) atoms. The minimum absolute atomic E-state index is 0.0642. The van der Waals surface area contributed by atoms with Gasteiger partial charge in [-0.1, -0.05) is 24.8 Å². The van der Waals surface area contributed by atoms with Crippen LogP contribution in [0.5, 0.6) is 0 Å². The van der Waals surface area contributed by atoms with Gasteiger partial charge in [0.15, 0.2) is 0 Å². The molecule has 2 aliphatic rings. The van der Waals surface area contributed by atoms with Crippen molar-refractivity contribution in [1.82, 2.24) is 4.57 Å². The van der Waals surface area contributed by atoms with E-state index >= 15 is 0 Å². The molecule has 2 aromatic rings. The summed E-state index contributed by atoms with van der Waals surface area (Å²) in [5.41, 5.74) is 3.12. The van der Waals surface area contributed by atoms with E-state index in [2.05, 4.69) is 6.58 Å². The van der Waals surface area contributed by atoms with Crippen molar-refractivity contribution in [1.29, 1.82) is 0 Å². The summed E-state index contributed by atoms with van der Waals surface area (Å²) in [5, 5.41) is 10.4. The number of halogens is 2. The number of hydrogen-bond donors (Lipinski definition) is 1. The minimum atomic E-state index is -0.336. The lowest BCUT2D eigenvalue weighted by Crippen LogP contribution is -2.21. The van der Waals surface area contributed by atoms with Crippen molar-refractivity contribution in [2.75, 3.05) is 0 Å². The van der Waals surface area contributed by atoms with Crippen molar-refractivity contribution in [2.24, 2.45) is 5.92 Å². The van der Waals surface area contributed by atoms with Gasteiger partial charge in [0.2, 0.25) is 0 Å². The van der Waals surface area contributed by atoms with E-state index in [4.69, 9.17) is 11.6 Å². The lowest BCUT2D eigenvalue weighted by atomic mass is 9.85. The number of rotatable bonds is 2. The Morgan fingerprint density at radius 1 is 1.38 bits per heavy atom. The number of hydrogen-bond acceptors (Lipinski definition) is 2. The van der Waals surface area contributed by atoms with E-state index in [1.807, 2.05) is 12.2 Å². The number of carbonyl (C=O) groups excluding carboxylic acids is 1. The van der Waals surface area contributed by atoms with Crippen molar-refractivity contribution in [3.05, 3.63) is 71.4 Å². The maximum Gasteiger partial charge on any atom is 0.262 e. The number of nitrogens with zero attached hydrogens (tertiary/aromatic N) is 1. The fourth-order valence-corrected chi connectivity index (χ4v) is 4.09. The zero-order valence-corrected chi connectivity index (χ0v) is 15.0. The summed E-state index contributed by atoms with van der Waals surface area (Å²) in [6.07, 6.45) is 7.95. The van der Waals surface area contributed by atoms with Crippen LogP contribution < -0.4 is 0 Å². The van der Waals surface area contributed by atoms with E-state index in [-0.39, 0.29) is 28.8 Å². The molecule has 0 saturated heterocycles. The van der Waals surface area contributed by atoms with E-state index in [1.165, 1.54) is 12.1 Å². The number of carbonyl (C=O) groups is 1. The Morgan fingerprint density at radius 3 is 2.88 bits per heavy atom. The third-order valence-corrected chi connectivity index (χ3v) is 5.62. The summed E-state index contributed by atoms with van der Waals surface area (Å²) < 4.78 is 15.6. The summed E-state index contributed by atoms with van der Waals surface area (Å²) in [6.45, 7) is 3.65. The summed E-state index contributed by atoms with van der Waals surface area (Å²) in [6, 6.07) is 4.50. The van der Waals surface area contributed by atoms with Crippen molar-refractivity contribution in [3.63, 3.8) is 0 Å². The monoisotopic (exact) mass is 371 g/mol. The van der Waals surface area contributed by atoms with Crippen LogP contribution in [0.1, 0.15) is 28.9 Å². The van der Waals surface area contributed by atoms with Crippen LogP contribution in [0.2, 0.25) is 0 Å². The van der Waals surface area contributed by atoms with Crippen LogP contribution in [-0.2, 0) is 12.8 Å². The normalized spacial score (nSPS) is 22.2. The van der Waals surface area contributed by atoms with E-state index in [1.54, 1.807) is 16.7 Å². The molecule has 1 heterocycles. The zero-order chi connectivity index (χ0) is 18.4. The molecule has 134 valence electrons. The van der Waals surface area contributed by atoms with Crippen molar-refractivity contribution >= 4 is 28.4 Å². The van der Waals surface area contributed by atoms with E-state index in [0.717, 1.165) is 16.6 Å². The SMILES string of the molecule is C=C(O)C1CCc2c(c3cc(F)ccc3n2C(=O)C2=CCC(Cl)C=C2)C1. The minimum Gasteiger partial charge on any atom is -0.513 e. The molecule has 1 aromatic heterocycles. The van der Waals surface area contributed by atoms with Crippen LogP contribution in [0.15, 0.2) is 54.3 Å². The van der Waals surface area contributed by atoms with Gasteiger partial charge in [0.1, 0.15) is 5.82 Å². The second kappa shape index (κ2) is 6.44. The molecule has 1 N–H and O–H groups in total. The first-order valence-electron chi connectivity index (χ1n) is 8.72. The number of alkyl halides is 1. The molecule has 0 spiro atoms. The fourth-order valence-electron chi connectivity index (χ4n) is 3.93. The largest absolute Gasteiger partial charge is 0.513 e. The Bertz CT molecular complexity index is 986. The molecule has 5 heteroatoms. The Labute approximate surface area is 156 Å². The third kappa shape index (κ3) is 2.78. The molecule has 2 atom stereocenters. The van der Waals surface area contributed by atoms with Crippen molar-refractivity contribution < 1.29 is 14.3 Å². The number of aliphatic hydroxyl groups excluding tert-OH is 1. The van der Waals surface area contributed by atoms with E-state index < -0.39 is 0 Å². The zero-order valence-electron chi connectivity index (χ0n) is 14.2. The van der Waals surface area contributed by atoms with Gasteiger partial charge in [0, 0.05) is 22.6 Å². The summed E-state index contributed by atoms with van der Waals surface area (Å²) >= 11 is 6.06. The molecular weight excluding hydrogens is 353 g/mol. The first-order valence-corrected chi connectivity index (χ1v) is 9.16. The highest BCUT2D eigenvalue weighted by atomic mass is 35.5. The molecule has 3 nitrogen and oxygen atoms in total. The number of benzene rings is 1. The maximum atomic E-state index is 13.9. The molecule has 0 fully saturated rings. The van der Waals surface area contributed by atoms with Crippen molar-refractivity contribution in [3.8, 4) is 0 Å². The Morgan fingerprint density at radius 2 is 2.19 bits per heavy atom. The molecule has 1 aromatic carbocycles. The fraction of sp³-hybridized carbons (Fsp3) is 0.286. The second-order valence-corrected chi connectivity index (χ2v) is 7.49. The van der Waals surface area contributed by atoms with E-state index in [9.17, 15) is 14.3 Å². The lowest BCUT2D eigenvalue weighted by molar-refractivity contribution is 0.0959. The molecule has 0 bridgehead atoms. The van der Waals surface area contributed by atoms with Crippen LogP contribution >= 0.6 is 11.6 Å². The number of fused-ring (bicyclic) bond motifs is 3. The van der Waals surface area contributed by atoms with Gasteiger partial charge in [-0.3, -0.25) is 9.36 Å². The standard InChI is InChI=1S/C21H19ClFNO2/c1-12(25)14-4-8-19-17(10-14)18-11-16(23)7-9-20(18)24(19)21(26)13-2-5-15(22)6-3-13/h2-3,5,7,9,11,14-15,25H,1,4,6,8,10H2. The highest BCUT2D eigenvalue weighted by molar-refractivity contribution is 6.22. The molecule has 0 radical (unpaired) electrons. The van der Waals surface area contributed by atoms with E-state index in [0.29, 0.717) is 36.8 Å². The summed E-state index contributed by atoms with van der Waals surface area (Å²) in [7, 11) is 0. The van der Waals surface area contributed by atoms with Crippen LogP contribution in [0, 0.1) is 11.7 Å². The predicted molar refractivity (Wildman–Crippen MR) is 101 cm³/mol. The number of aliphatic hydroxyl groups is 1. The van der Waals surface area contributed by atoms with Gasteiger partial charge in [-0.15, -0.1) is 11.6 Å². The van der Waals surface area contributed by atoms with Gasteiger partial charge < -0.3 is 5.11 Å². The van der Waals surface area contributed by atoms with Gasteiger partial charge in [-0.05, 0) is 49.4 Å². The quantitative estimate of drug-likeness (QED) is 0.590. The van der Waals surface area contributed by atoms with Gasteiger partial charge in [-0.25, -0.2) is 4.39 Å². The number of allylic oxidation sites excluding steroid dienone is 5. The van der Waals surface area contributed by atoms with Crippen molar-refractivity contribution in [2.45, 2.75) is 31.1 Å². The lowest BCUT2D eigenvalue weighted by Gasteiger charge is -2.23. The predicted octanol–water partition coefficient (Wildman–Crippen LogP) is 5.09. The van der Waals surface area contributed by atoms with Gasteiger partial charge in [0.05, 0.1) is 16.7 Å². The highest BCUT2D eigenvalue weighted by Crippen LogP contribution is 2.37. The van der Waals surface area contributed by atoms with Crippen LogP contribution in [0.4, 0.5) is 4.39 Å². The average molecular weight is 372 g/mol. The molecule has 0 aliphatic heterocycles. The average Bonchev–Trinajstić information content (AvgIpc) is 2.94. The Hall–Kier alpha value is -2.33. The van der Waals surface area contributed by atoms with Crippen LogP contribution in [-0.4, -0.2) is 21.0 Å². The van der Waals surface area contributed by atoms with Gasteiger partial charge in [0.25, 0.3) is 5.91 Å². The summed E-state index contributed by atoms with van der Waals surface area (Å²) in [5.74, 6) is -0.378. The molecule has 0 amide bonds. The van der Waals surface area contributed by atoms with Gasteiger partial charge in [-0.2, -0.15) is 0 Å². The maximum absolute atomic E-state index is 13.9. The molecule has 0 saturated carbocycles. The molecule has 2 unspecified atom stereocenters. The Kier molecular flexibility index (Phi) is 4.23. The number of aromatic nitrogens is 1. The third-order valence-electron chi connectivity index (χ3n) is 5.29. The second-order valence-electron chi connectivity index (χ2n) is 6.93. The molecule has 4 rings (SSSR count). The highest BCUT2D eigenvalue weighted by Gasteiger charge is 2.30. The first kappa shape index (κ1) is 17.1.